The molecule has 0 saturated carbocycles. The fourth-order valence-electron chi connectivity index (χ4n) is 3.48. The lowest BCUT2D eigenvalue weighted by Gasteiger charge is -2.25. The van der Waals surface area contributed by atoms with E-state index in [1.807, 2.05) is 16.8 Å². The van der Waals surface area contributed by atoms with E-state index in [0.29, 0.717) is 13.4 Å². The summed E-state index contributed by atoms with van der Waals surface area (Å²) < 4.78 is 17.9. The Bertz CT molecular complexity index is 856. The van der Waals surface area contributed by atoms with E-state index in [1.54, 1.807) is 14.2 Å². The second-order valence-corrected chi connectivity index (χ2v) is 6.88. The molecule has 2 aliphatic heterocycles. The van der Waals surface area contributed by atoms with E-state index < -0.39 is 0 Å². The van der Waals surface area contributed by atoms with E-state index in [1.165, 1.54) is 5.56 Å². The van der Waals surface area contributed by atoms with Crippen LogP contribution in [0.2, 0.25) is 0 Å². The predicted molar refractivity (Wildman–Crippen MR) is 119 cm³/mol. The fraction of sp³-hybridized carbons (Fsp3) is 0.526. The number of ether oxygens (including phenoxy) is 3. The minimum atomic E-state index is 0. The minimum Gasteiger partial charge on any atom is -0.454 e. The van der Waals surface area contributed by atoms with E-state index in [2.05, 4.69) is 31.8 Å². The number of rotatable bonds is 6. The van der Waals surface area contributed by atoms with Gasteiger partial charge >= 0.3 is 0 Å². The molecule has 0 amide bonds. The van der Waals surface area contributed by atoms with Gasteiger partial charge in [-0.05, 0) is 30.5 Å². The molecule has 2 N–H and O–H groups in total. The molecule has 2 aromatic rings. The van der Waals surface area contributed by atoms with Crippen LogP contribution in [0, 0.1) is 0 Å². The Kier molecular flexibility index (Phi) is 7.53. The zero-order valence-corrected chi connectivity index (χ0v) is 19.0. The molecule has 29 heavy (non-hydrogen) atoms. The van der Waals surface area contributed by atoms with Gasteiger partial charge in [-0.15, -0.1) is 24.0 Å². The van der Waals surface area contributed by atoms with Crippen molar-refractivity contribution >= 4 is 29.9 Å². The van der Waals surface area contributed by atoms with Crippen molar-refractivity contribution in [1.29, 1.82) is 0 Å². The first kappa shape index (κ1) is 21.6. The number of nitrogens with zero attached hydrogens (tertiary/aromatic N) is 4. The van der Waals surface area contributed by atoms with Gasteiger partial charge in [0.2, 0.25) is 6.79 Å². The normalized spacial score (nSPS) is 17.4. The number of aliphatic imine (C=N–C) groups is 1. The van der Waals surface area contributed by atoms with Crippen molar-refractivity contribution in [3.8, 4) is 11.5 Å². The number of guanidine groups is 1. The van der Waals surface area contributed by atoms with Crippen LogP contribution in [0.25, 0.3) is 0 Å². The Morgan fingerprint density at radius 1 is 1.34 bits per heavy atom. The molecule has 1 aromatic heterocycles. The summed E-state index contributed by atoms with van der Waals surface area (Å²) in [4.78, 5) is 8.86. The molecule has 0 radical (unpaired) electrons. The highest BCUT2D eigenvalue weighted by Gasteiger charge is 2.22. The number of nitrogens with one attached hydrogen (secondary N) is 2. The Labute approximate surface area is 187 Å². The molecule has 0 fully saturated rings. The van der Waals surface area contributed by atoms with Crippen LogP contribution < -0.4 is 20.1 Å². The fourth-order valence-corrected chi connectivity index (χ4v) is 3.48. The molecule has 0 bridgehead atoms. The summed E-state index contributed by atoms with van der Waals surface area (Å²) in [5, 5.41) is 11.4. The first-order valence-corrected chi connectivity index (χ1v) is 9.52. The molecule has 0 saturated heterocycles. The monoisotopic (exact) mass is 514 g/mol. The van der Waals surface area contributed by atoms with Crippen LogP contribution in [0.5, 0.6) is 11.5 Å². The van der Waals surface area contributed by atoms with Gasteiger partial charge in [0.1, 0.15) is 12.4 Å². The Balaban J connectivity index is 0.00000240. The lowest BCUT2D eigenvalue weighted by molar-refractivity contribution is 0.174. The van der Waals surface area contributed by atoms with Crippen molar-refractivity contribution in [3.05, 3.63) is 35.4 Å². The average molecular weight is 514 g/mol. The number of halogens is 1. The Morgan fingerprint density at radius 2 is 2.21 bits per heavy atom. The molecule has 10 heteroatoms. The second-order valence-electron chi connectivity index (χ2n) is 6.88. The van der Waals surface area contributed by atoms with Gasteiger partial charge in [0.05, 0.1) is 6.54 Å². The van der Waals surface area contributed by atoms with Crippen LogP contribution in [0.4, 0.5) is 0 Å². The SMILES string of the molecule is CN=C(NCCc1ccc2c(c1)OCO2)NC1CCc2nc(COC)nn2C1.I. The van der Waals surface area contributed by atoms with Crippen molar-refractivity contribution in [3.63, 3.8) is 0 Å². The number of fused-ring (bicyclic) bond motifs is 2. The van der Waals surface area contributed by atoms with E-state index in [9.17, 15) is 0 Å². The predicted octanol–water partition coefficient (Wildman–Crippen LogP) is 1.49. The molecule has 3 heterocycles. The summed E-state index contributed by atoms with van der Waals surface area (Å²) in [6.07, 6.45) is 2.76. The molecule has 4 rings (SSSR count). The van der Waals surface area contributed by atoms with E-state index >= 15 is 0 Å². The largest absolute Gasteiger partial charge is 0.454 e. The van der Waals surface area contributed by atoms with Crippen LogP contribution in [0.3, 0.4) is 0 Å². The summed E-state index contributed by atoms with van der Waals surface area (Å²) >= 11 is 0. The summed E-state index contributed by atoms with van der Waals surface area (Å²) in [6.45, 7) is 2.30. The summed E-state index contributed by atoms with van der Waals surface area (Å²) in [6, 6.07) is 6.32. The maximum absolute atomic E-state index is 5.43. The summed E-state index contributed by atoms with van der Waals surface area (Å²) in [7, 11) is 3.44. The molecule has 0 aliphatic carbocycles. The molecular weight excluding hydrogens is 487 g/mol. The topological polar surface area (TPSA) is 94.8 Å². The van der Waals surface area contributed by atoms with Crippen LogP contribution in [0.1, 0.15) is 23.6 Å². The number of hydrogen-bond acceptors (Lipinski definition) is 6. The van der Waals surface area contributed by atoms with Gasteiger partial charge in [0.25, 0.3) is 0 Å². The molecule has 2 aliphatic rings. The standard InChI is InChI=1S/C19H26N6O3.HI/c1-20-19(21-8-7-13-3-5-15-16(9-13)28-12-27-15)22-14-4-6-18-23-17(11-26-2)24-25(18)10-14;/h3,5,9,14H,4,6-8,10-12H2,1-2H3,(H2,20,21,22);1H. The van der Waals surface area contributed by atoms with Crippen molar-refractivity contribution in [2.45, 2.75) is 38.5 Å². The lowest BCUT2D eigenvalue weighted by Crippen LogP contribution is -2.47. The molecular formula is C19H27IN6O3. The molecule has 1 unspecified atom stereocenters. The van der Waals surface area contributed by atoms with Crippen LogP contribution in [-0.2, 0) is 30.7 Å². The van der Waals surface area contributed by atoms with Crippen molar-refractivity contribution in [2.24, 2.45) is 4.99 Å². The second kappa shape index (κ2) is 10.1. The summed E-state index contributed by atoms with van der Waals surface area (Å²) in [5.74, 6) is 4.19. The van der Waals surface area contributed by atoms with Gasteiger partial charge in [0, 0.05) is 33.2 Å². The Morgan fingerprint density at radius 3 is 3.03 bits per heavy atom. The maximum Gasteiger partial charge on any atom is 0.231 e. The third-order valence-corrected chi connectivity index (χ3v) is 4.88. The van der Waals surface area contributed by atoms with Gasteiger partial charge in [-0.1, -0.05) is 6.07 Å². The highest BCUT2D eigenvalue weighted by Crippen LogP contribution is 2.32. The van der Waals surface area contributed by atoms with Crippen LogP contribution >= 0.6 is 24.0 Å². The average Bonchev–Trinajstić information content (AvgIpc) is 3.32. The highest BCUT2D eigenvalue weighted by molar-refractivity contribution is 14.0. The molecule has 158 valence electrons. The van der Waals surface area contributed by atoms with Crippen LogP contribution in [0.15, 0.2) is 23.2 Å². The van der Waals surface area contributed by atoms with Gasteiger partial charge in [-0.3, -0.25) is 4.99 Å². The van der Waals surface area contributed by atoms with E-state index in [4.69, 9.17) is 14.2 Å². The summed E-state index contributed by atoms with van der Waals surface area (Å²) in [5.41, 5.74) is 1.20. The van der Waals surface area contributed by atoms with Crippen molar-refractivity contribution < 1.29 is 14.2 Å². The quantitative estimate of drug-likeness (QED) is 0.343. The minimum absolute atomic E-state index is 0. The molecule has 0 spiro atoms. The molecule has 1 aromatic carbocycles. The number of benzene rings is 1. The zero-order chi connectivity index (χ0) is 19.3. The van der Waals surface area contributed by atoms with Gasteiger partial charge in [0.15, 0.2) is 23.3 Å². The molecule has 1 atom stereocenters. The van der Waals surface area contributed by atoms with E-state index in [-0.39, 0.29) is 30.0 Å². The zero-order valence-electron chi connectivity index (χ0n) is 16.7. The number of aryl methyl sites for hydroxylation is 1. The Hall–Kier alpha value is -2.08. The van der Waals surface area contributed by atoms with Gasteiger partial charge < -0.3 is 24.8 Å². The number of aromatic nitrogens is 3. The van der Waals surface area contributed by atoms with Gasteiger partial charge in [-0.2, -0.15) is 5.10 Å². The van der Waals surface area contributed by atoms with Crippen molar-refractivity contribution in [2.75, 3.05) is 27.5 Å². The third kappa shape index (κ3) is 5.30. The van der Waals surface area contributed by atoms with Gasteiger partial charge in [-0.25, -0.2) is 9.67 Å². The maximum atomic E-state index is 5.43. The highest BCUT2D eigenvalue weighted by atomic mass is 127. The lowest BCUT2D eigenvalue weighted by atomic mass is 10.1. The number of hydrogen-bond donors (Lipinski definition) is 2. The molecule has 9 nitrogen and oxygen atoms in total. The third-order valence-electron chi connectivity index (χ3n) is 4.88. The van der Waals surface area contributed by atoms with Crippen molar-refractivity contribution in [1.82, 2.24) is 25.4 Å². The number of methoxy groups -OCH3 is 1. The van der Waals surface area contributed by atoms with Crippen LogP contribution in [-0.4, -0.2) is 54.3 Å². The first-order valence-electron chi connectivity index (χ1n) is 9.52. The smallest absolute Gasteiger partial charge is 0.231 e. The first-order chi connectivity index (χ1) is 13.7. The van der Waals surface area contributed by atoms with E-state index in [0.717, 1.165) is 61.5 Å².